The lowest BCUT2D eigenvalue weighted by atomic mass is 9.83. The summed E-state index contributed by atoms with van der Waals surface area (Å²) in [5.74, 6) is 0.509. The van der Waals surface area contributed by atoms with Gasteiger partial charge in [0.25, 0.3) is 0 Å². The van der Waals surface area contributed by atoms with E-state index in [0.717, 1.165) is 33.8 Å². The van der Waals surface area contributed by atoms with Gasteiger partial charge in [-0.3, -0.25) is 0 Å². The zero-order valence-corrected chi connectivity index (χ0v) is 36.8. The smallest absolute Gasteiger partial charge is 0.160 e. The molecule has 1 heterocycles. The Morgan fingerprint density at radius 2 is 0.894 bits per heavy atom. The van der Waals surface area contributed by atoms with Crippen molar-refractivity contribution < 1.29 is 4.42 Å². The molecule has 0 unspecified atom stereocenters. The van der Waals surface area contributed by atoms with E-state index in [0.29, 0.717) is 5.92 Å². The summed E-state index contributed by atoms with van der Waals surface area (Å²) in [6, 6.07) is 80.5. The Morgan fingerprint density at radius 1 is 0.348 bits per heavy atom. The molecule has 11 aromatic carbocycles. The highest BCUT2D eigenvalue weighted by Gasteiger charge is 2.27. The van der Waals surface area contributed by atoms with E-state index in [9.17, 15) is 0 Å². The summed E-state index contributed by atoms with van der Waals surface area (Å²) in [5.41, 5.74) is 13.7. The van der Waals surface area contributed by atoms with Crippen LogP contribution >= 0.6 is 0 Å². The van der Waals surface area contributed by atoms with Gasteiger partial charge < -0.3 is 9.32 Å². The van der Waals surface area contributed by atoms with Gasteiger partial charge in [-0.25, -0.2) is 0 Å². The molecule has 0 bridgehead atoms. The highest BCUT2D eigenvalue weighted by Crippen LogP contribution is 2.50. The molecule has 0 amide bonds. The number of benzene rings is 11. The Morgan fingerprint density at radius 3 is 1.67 bits per heavy atom. The molecule has 0 atom stereocenters. The number of fused-ring (bicyclic) bond motifs is 8. The minimum atomic E-state index is 0.509. The lowest BCUT2D eigenvalue weighted by Crippen LogP contribution is -2.11. The standard InChI is InChI=1S/C64H47NO/c1-2-15-45(16-3-1)56-24-13-26-59-62-55-22-9-7-19-52(55)41-61(64(62)66-63(56)59)65(60-27-11-10-23-58(60)57-25-12-20-44-17-6-8-21-54(44)57)53-36-34-43(35-37-53)47-30-31-50-40-51(33-32-49(50)39-47)48-29-28-42-14-4-5-18-46(42)38-48/h4-14,17-41,45H,1-3,15-16H2. The van der Waals surface area contributed by atoms with E-state index >= 15 is 0 Å². The quantitative estimate of drug-likeness (QED) is 0.159. The van der Waals surface area contributed by atoms with Gasteiger partial charge in [-0.2, -0.15) is 0 Å². The van der Waals surface area contributed by atoms with E-state index in [1.165, 1.54) is 119 Å². The lowest BCUT2D eigenvalue weighted by molar-refractivity contribution is 0.442. The van der Waals surface area contributed by atoms with Crippen LogP contribution in [-0.2, 0) is 0 Å². The highest BCUT2D eigenvalue weighted by atomic mass is 16.3. The van der Waals surface area contributed by atoms with Crippen LogP contribution in [0.4, 0.5) is 17.1 Å². The number of rotatable bonds is 7. The number of anilines is 3. The third-order valence-corrected chi connectivity index (χ3v) is 14.4. The van der Waals surface area contributed by atoms with Crippen molar-refractivity contribution in [2.45, 2.75) is 38.0 Å². The second kappa shape index (κ2) is 15.9. The molecule has 2 heteroatoms. The first kappa shape index (κ1) is 38.5. The second-order valence-corrected chi connectivity index (χ2v) is 18.2. The highest BCUT2D eigenvalue weighted by molar-refractivity contribution is 6.23. The summed E-state index contributed by atoms with van der Waals surface area (Å²) in [6.07, 6.45) is 6.29. The van der Waals surface area contributed by atoms with Crippen molar-refractivity contribution in [2.24, 2.45) is 0 Å². The number of nitrogens with zero attached hydrogens (tertiary/aromatic N) is 1. The van der Waals surface area contributed by atoms with Crippen molar-refractivity contribution in [3.8, 4) is 33.4 Å². The van der Waals surface area contributed by atoms with Gasteiger partial charge in [0, 0.05) is 22.0 Å². The predicted octanol–water partition coefficient (Wildman–Crippen LogP) is 18.7. The molecule has 1 saturated carbocycles. The molecule has 0 saturated heterocycles. The van der Waals surface area contributed by atoms with Gasteiger partial charge in [0.15, 0.2) is 5.58 Å². The molecule has 13 rings (SSSR count). The van der Waals surface area contributed by atoms with Gasteiger partial charge in [0.1, 0.15) is 5.58 Å². The van der Waals surface area contributed by atoms with Crippen LogP contribution in [0, 0.1) is 0 Å². The van der Waals surface area contributed by atoms with Crippen LogP contribution in [0.3, 0.4) is 0 Å². The van der Waals surface area contributed by atoms with Gasteiger partial charge in [-0.15, -0.1) is 0 Å². The minimum absolute atomic E-state index is 0.509. The number of hydrogen-bond acceptors (Lipinski definition) is 2. The Hall–Kier alpha value is -7.94. The van der Waals surface area contributed by atoms with Crippen molar-refractivity contribution in [3.63, 3.8) is 0 Å². The van der Waals surface area contributed by atoms with E-state index in [1.807, 2.05) is 0 Å². The molecule has 1 aromatic heterocycles. The van der Waals surface area contributed by atoms with Crippen molar-refractivity contribution in [3.05, 3.63) is 224 Å². The fourth-order valence-electron chi connectivity index (χ4n) is 11.1. The monoisotopic (exact) mass is 845 g/mol. The number of hydrogen-bond donors (Lipinski definition) is 0. The first-order valence-electron chi connectivity index (χ1n) is 23.6. The van der Waals surface area contributed by atoms with E-state index in [2.05, 4.69) is 223 Å². The molecule has 12 aromatic rings. The molecule has 1 aliphatic rings. The Bertz CT molecular complexity index is 3810. The Kier molecular flexibility index (Phi) is 9.30. The molecule has 314 valence electrons. The van der Waals surface area contributed by atoms with Crippen molar-refractivity contribution in [1.82, 2.24) is 0 Å². The molecular weight excluding hydrogens is 799 g/mol. The molecule has 2 nitrogen and oxygen atoms in total. The van der Waals surface area contributed by atoms with Gasteiger partial charge in [-0.1, -0.05) is 195 Å². The van der Waals surface area contributed by atoms with E-state index in [4.69, 9.17) is 4.42 Å². The van der Waals surface area contributed by atoms with Crippen molar-refractivity contribution >= 4 is 82.1 Å². The topological polar surface area (TPSA) is 16.4 Å². The molecule has 0 N–H and O–H groups in total. The third kappa shape index (κ3) is 6.55. The maximum absolute atomic E-state index is 7.36. The van der Waals surface area contributed by atoms with E-state index in [1.54, 1.807) is 0 Å². The molecule has 0 spiro atoms. The van der Waals surface area contributed by atoms with Crippen molar-refractivity contribution in [1.29, 1.82) is 0 Å². The first-order chi connectivity index (χ1) is 32.7. The normalized spacial score (nSPS) is 13.4. The molecule has 0 aliphatic heterocycles. The summed E-state index contributed by atoms with van der Waals surface area (Å²) in [6.45, 7) is 0. The van der Waals surface area contributed by atoms with Crippen LogP contribution in [0.2, 0.25) is 0 Å². The van der Waals surface area contributed by atoms with E-state index in [-0.39, 0.29) is 0 Å². The van der Waals surface area contributed by atoms with Crippen LogP contribution in [0.1, 0.15) is 43.6 Å². The number of furan rings is 1. The minimum Gasteiger partial charge on any atom is -0.454 e. The molecular formula is C64H47NO. The van der Waals surface area contributed by atoms with Gasteiger partial charge in [0.05, 0.1) is 11.4 Å². The summed E-state index contributed by atoms with van der Waals surface area (Å²) in [5, 5.41) is 12.2. The lowest BCUT2D eigenvalue weighted by Gasteiger charge is -2.29. The summed E-state index contributed by atoms with van der Waals surface area (Å²) in [4.78, 5) is 2.45. The Balaban J connectivity index is 0.977. The van der Waals surface area contributed by atoms with Crippen LogP contribution in [0.25, 0.3) is 98.4 Å². The van der Waals surface area contributed by atoms with Gasteiger partial charge in [-0.05, 0) is 138 Å². The zero-order valence-electron chi connectivity index (χ0n) is 36.8. The number of para-hydroxylation sites is 2. The predicted molar refractivity (Wildman–Crippen MR) is 281 cm³/mol. The fraction of sp³-hybridized carbons (Fsp3) is 0.0938. The summed E-state index contributed by atoms with van der Waals surface area (Å²) < 4.78 is 7.36. The van der Waals surface area contributed by atoms with Crippen LogP contribution < -0.4 is 4.90 Å². The first-order valence-corrected chi connectivity index (χ1v) is 23.6. The van der Waals surface area contributed by atoms with Crippen molar-refractivity contribution in [2.75, 3.05) is 4.90 Å². The maximum Gasteiger partial charge on any atom is 0.160 e. The van der Waals surface area contributed by atoms with Crippen LogP contribution in [-0.4, -0.2) is 0 Å². The van der Waals surface area contributed by atoms with Crippen LogP contribution in [0.15, 0.2) is 223 Å². The fourth-order valence-corrected chi connectivity index (χ4v) is 11.1. The van der Waals surface area contributed by atoms with Gasteiger partial charge >= 0.3 is 0 Å². The average molecular weight is 846 g/mol. The maximum atomic E-state index is 7.36. The molecule has 1 fully saturated rings. The zero-order chi connectivity index (χ0) is 43.6. The summed E-state index contributed by atoms with van der Waals surface area (Å²) in [7, 11) is 0. The largest absolute Gasteiger partial charge is 0.454 e. The molecule has 0 radical (unpaired) electrons. The van der Waals surface area contributed by atoms with Crippen LogP contribution in [0.5, 0.6) is 0 Å². The average Bonchev–Trinajstić information content (AvgIpc) is 3.79. The molecule has 1 aliphatic carbocycles. The summed E-state index contributed by atoms with van der Waals surface area (Å²) >= 11 is 0. The van der Waals surface area contributed by atoms with Gasteiger partial charge in [0.2, 0.25) is 0 Å². The molecule has 66 heavy (non-hydrogen) atoms. The second-order valence-electron chi connectivity index (χ2n) is 18.2. The van der Waals surface area contributed by atoms with E-state index < -0.39 is 0 Å². The SMILES string of the molecule is c1ccc(N(c2ccc(-c3ccc4cc(-c5ccc6ccccc6c5)ccc4c3)cc2)c2cc3ccccc3c3c2oc2c(C4CCCCC4)cccc23)c(-c2cccc3ccccc23)c1. The third-order valence-electron chi connectivity index (χ3n) is 14.4. The Labute approximate surface area is 385 Å².